The highest BCUT2D eigenvalue weighted by molar-refractivity contribution is 5.73. The number of halogens is 4. The van der Waals surface area contributed by atoms with Gasteiger partial charge in [-0.3, -0.25) is 0 Å². The molecule has 0 unspecified atom stereocenters. The molecule has 0 aliphatic heterocycles. The fourth-order valence-electron chi connectivity index (χ4n) is 5.92. The van der Waals surface area contributed by atoms with Gasteiger partial charge in [0.1, 0.15) is 0 Å². The van der Waals surface area contributed by atoms with Crippen molar-refractivity contribution >= 4 is 0 Å². The van der Waals surface area contributed by atoms with Crippen LogP contribution >= 0.6 is 0 Å². The number of aryl methyl sites for hydroxylation is 4. The molecule has 0 heterocycles. The van der Waals surface area contributed by atoms with E-state index < -0.39 is 23.3 Å². The molecule has 6 aromatic carbocycles. The molecular weight excluding hydrogens is 616 g/mol. The number of hydrogen-bond acceptors (Lipinski definition) is 0. The van der Waals surface area contributed by atoms with Gasteiger partial charge in [-0.05, 0) is 65.1 Å². The summed E-state index contributed by atoms with van der Waals surface area (Å²) in [6.45, 7) is 8.27. The zero-order chi connectivity index (χ0) is 34.9. The lowest BCUT2D eigenvalue weighted by Crippen LogP contribution is -1.94. The van der Waals surface area contributed by atoms with Gasteiger partial charge in [-0.2, -0.15) is 0 Å². The summed E-state index contributed by atoms with van der Waals surface area (Å²) in [7, 11) is 0. The molecule has 6 aromatic rings. The summed E-state index contributed by atoms with van der Waals surface area (Å²) < 4.78 is 58.4. The van der Waals surface area contributed by atoms with Crippen LogP contribution in [0.4, 0.5) is 17.6 Å². The molecule has 0 saturated heterocycles. The van der Waals surface area contributed by atoms with Gasteiger partial charge in [0.25, 0.3) is 0 Å². The van der Waals surface area contributed by atoms with Gasteiger partial charge in [0.2, 0.25) is 0 Å². The predicted octanol–water partition coefficient (Wildman–Crippen LogP) is 13.4. The van der Waals surface area contributed by atoms with Gasteiger partial charge in [-0.1, -0.05) is 161 Å². The lowest BCUT2D eigenvalue weighted by molar-refractivity contribution is 0.514. The second kappa shape index (κ2) is 16.4. The third-order valence-corrected chi connectivity index (χ3v) is 8.81. The van der Waals surface area contributed by atoms with Crippen molar-refractivity contribution in [3.63, 3.8) is 0 Å². The monoisotopic (exact) mass is 658 g/mol. The van der Waals surface area contributed by atoms with Crippen LogP contribution in [0.3, 0.4) is 0 Å². The summed E-state index contributed by atoms with van der Waals surface area (Å²) in [5.74, 6) is -3.18. The van der Waals surface area contributed by atoms with Crippen LogP contribution in [0, 0.1) is 30.2 Å². The zero-order valence-electron chi connectivity index (χ0n) is 28.6. The quantitative estimate of drug-likeness (QED) is 0.136. The third-order valence-electron chi connectivity index (χ3n) is 8.81. The summed E-state index contributed by atoms with van der Waals surface area (Å²) >= 11 is 0. The topological polar surface area (TPSA) is 0 Å². The minimum Gasteiger partial charge on any atom is -0.203 e. The maximum Gasteiger partial charge on any atom is 0.167 e. The van der Waals surface area contributed by atoms with Crippen molar-refractivity contribution in [3.8, 4) is 44.5 Å². The summed E-state index contributed by atoms with van der Waals surface area (Å²) in [5, 5.41) is 0. The van der Waals surface area contributed by atoms with Crippen LogP contribution in [0.15, 0.2) is 121 Å². The molecule has 0 amide bonds. The van der Waals surface area contributed by atoms with Crippen LogP contribution < -0.4 is 0 Å². The molecule has 6 rings (SSSR count). The number of rotatable bonds is 9. The van der Waals surface area contributed by atoms with E-state index in [4.69, 9.17) is 0 Å². The summed E-state index contributed by atoms with van der Waals surface area (Å²) in [4.78, 5) is 0. The Kier molecular flexibility index (Phi) is 11.9. The molecule has 49 heavy (non-hydrogen) atoms. The van der Waals surface area contributed by atoms with Gasteiger partial charge in [0.15, 0.2) is 23.3 Å². The molecule has 4 heteroatoms. The molecular formula is C45H42F4. The van der Waals surface area contributed by atoms with Crippen LogP contribution in [-0.4, -0.2) is 0 Å². The van der Waals surface area contributed by atoms with E-state index in [2.05, 4.69) is 20.8 Å². The maximum atomic E-state index is 14.7. The Hall–Kier alpha value is -4.96. The smallest absolute Gasteiger partial charge is 0.167 e. The standard InChI is InChI=1S/C23H22F2.C22H20F2/c1-3-5-17-8-12-19(13-9-17)21-15-14-20(22(24)23(21)25)18-10-6-16(4-2)7-11-18;1-3-4-16-7-11-18(12-8-16)20-14-13-19(21(23)22(20)24)17-9-5-15(2)6-10-17/h6-15H,3-5H2,1-2H3;5-14H,3-4H2,1-2H3. The van der Waals surface area contributed by atoms with Gasteiger partial charge in [-0.15, -0.1) is 0 Å². The maximum absolute atomic E-state index is 14.7. The molecule has 0 aromatic heterocycles. The highest BCUT2D eigenvalue weighted by Gasteiger charge is 2.17. The zero-order valence-corrected chi connectivity index (χ0v) is 28.6. The van der Waals surface area contributed by atoms with Gasteiger partial charge < -0.3 is 0 Å². The van der Waals surface area contributed by atoms with E-state index in [9.17, 15) is 17.6 Å². The fourth-order valence-corrected chi connectivity index (χ4v) is 5.92. The fraction of sp³-hybridized carbons (Fsp3) is 0.200. The van der Waals surface area contributed by atoms with E-state index in [1.807, 2.05) is 104 Å². The van der Waals surface area contributed by atoms with Crippen molar-refractivity contribution in [2.45, 2.75) is 59.8 Å². The Morgan fingerprint density at radius 3 is 0.878 bits per heavy atom. The Morgan fingerprint density at radius 2 is 0.612 bits per heavy atom. The highest BCUT2D eigenvalue weighted by atomic mass is 19.2. The van der Waals surface area contributed by atoms with Gasteiger partial charge in [-0.25, -0.2) is 17.6 Å². The van der Waals surface area contributed by atoms with Crippen molar-refractivity contribution < 1.29 is 17.6 Å². The van der Waals surface area contributed by atoms with E-state index in [0.29, 0.717) is 44.5 Å². The van der Waals surface area contributed by atoms with Crippen molar-refractivity contribution in [2.75, 3.05) is 0 Å². The highest BCUT2D eigenvalue weighted by Crippen LogP contribution is 2.33. The van der Waals surface area contributed by atoms with Gasteiger partial charge in [0.05, 0.1) is 0 Å². The van der Waals surface area contributed by atoms with E-state index >= 15 is 0 Å². The van der Waals surface area contributed by atoms with Crippen molar-refractivity contribution in [1.29, 1.82) is 0 Å². The van der Waals surface area contributed by atoms with Crippen LogP contribution in [-0.2, 0) is 19.3 Å². The lowest BCUT2D eigenvalue weighted by atomic mass is 9.97. The minimum absolute atomic E-state index is 0.291. The van der Waals surface area contributed by atoms with Crippen LogP contribution in [0.1, 0.15) is 55.9 Å². The number of benzene rings is 6. The van der Waals surface area contributed by atoms with Crippen molar-refractivity contribution in [2.24, 2.45) is 0 Å². The molecule has 0 aliphatic carbocycles. The normalized spacial score (nSPS) is 10.9. The molecule has 250 valence electrons. The van der Waals surface area contributed by atoms with Crippen molar-refractivity contribution in [3.05, 3.63) is 167 Å². The number of hydrogen-bond donors (Lipinski definition) is 0. The average molecular weight is 659 g/mol. The van der Waals surface area contributed by atoms with E-state index in [1.54, 1.807) is 24.3 Å². The Morgan fingerprint density at radius 1 is 0.347 bits per heavy atom. The molecule has 0 saturated carbocycles. The Bertz CT molecular complexity index is 1970. The largest absolute Gasteiger partial charge is 0.203 e. The second-order valence-electron chi connectivity index (χ2n) is 12.4. The summed E-state index contributed by atoms with van der Waals surface area (Å²) in [6, 6.07) is 37.0. The first kappa shape index (κ1) is 35.3. The minimum atomic E-state index is -0.797. The Labute approximate surface area is 288 Å². The SMILES string of the molecule is CCCc1ccc(-c2ccc(-c3ccc(C)cc3)c(F)c2F)cc1.CCCc1ccc(-c2ccc(-c3ccc(CC)cc3)c(F)c2F)cc1. The van der Waals surface area contributed by atoms with Gasteiger partial charge >= 0.3 is 0 Å². The Balaban J connectivity index is 0.000000191. The molecule has 0 fully saturated rings. The van der Waals surface area contributed by atoms with E-state index in [1.165, 1.54) is 16.7 Å². The molecule has 0 N–H and O–H groups in total. The molecule has 0 nitrogen and oxygen atoms in total. The van der Waals surface area contributed by atoms with E-state index in [0.717, 1.165) is 37.7 Å². The molecule has 0 radical (unpaired) electrons. The average Bonchev–Trinajstić information content (AvgIpc) is 3.13. The third kappa shape index (κ3) is 8.37. The molecule has 0 bridgehead atoms. The first-order valence-electron chi connectivity index (χ1n) is 17.0. The second-order valence-corrected chi connectivity index (χ2v) is 12.4. The first-order valence-corrected chi connectivity index (χ1v) is 17.0. The lowest BCUT2D eigenvalue weighted by Gasteiger charge is -2.10. The molecule has 0 aliphatic rings. The summed E-state index contributed by atoms with van der Waals surface area (Å²) in [6.07, 6.45) is 5.03. The summed E-state index contributed by atoms with van der Waals surface area (Å²) in [5.41, 5.74) is 8.63. The molecule has 0 spiro atoms. The first-order chi connectivity index (χ1) is 23.7. The van der Waals surface area contributed by atoms with Crippen LogP contribution in [0.5, 0.6) is 0 Å². The van der Waals surface area contributed by atoms with Crippen LogP contribution in [0.2, 0.25) is 0 Å². The predicted molar refractivity (Wildman–Crippen MR) is 197 cm³/mol. The van der Waals surface area contributed by atoms with Crippen LogP contribution in [0.25, 0.3) is 44.5 Å². The molecule has 0 atom stereocenters. The van der Waals surface area contributed by atoms with Gasteiger partial charge in [0, 0.05) is 22.3 Å². The van der Waals surface area contributed by atoms with Crippen molar-refractivity contribution in [1.82, 2.24) is 0 Å². The van der Waals surface area contributed by atoms with E-state index in [-0.39, 0.29) is 0 Å².